The second kappa shape index (κ2) is 6.21. The van der Waals surface area contributed by atoms with E-state index in [1.54, 1.807) is 23.0 Å². The zero-order chi connectivity index (χ0) is 13.7. The molecule has 0 atom stereocenters. The number of carboxylic acid groups (broad SMARTS) is 1. The van der Waals surface area contributed by atoms with E-state index in [1.165, 1.54) is 6.07 Å². The summed E-state index contributed by atoms with van der Waals surface area (Å²) in [6.45, 7) is 5.88. The first-order valence-electron chi connectivity index (χ1n) is 5.63. The molecule has 0 bridgehead atoms. The number of benzene rings is 1. The first-order chi connectivity index (χ1) is 8.58. The molecule has 0 amide bonds. The van der Waals surface area contributed by atoms with E-state index in [0.29, 0.717) is 0 Å². The van der Waals surface area contributed by atoms with Gasteiger partial charge in [-0.2, -0.15) is 5.10 Å². The van der Waals surface area contributed by atoms with E-state index in [0.717, 1.165) is 11.4 Å². The van der Waals surface area contributed by atoms with Crippen LogP contribution in [0.5, 0.6) is 0 Å². The molecule has 0 unspecified atom stereocenters. The second-order valence-corrected chi connectivity index (χ2v) is 3.78. The molecule has 1 aromatic heterocycles. The Morgan fingerprint density at radius 3 is 2.44 bits per heavy atom. The lowest BCUT2D eigenvalue weighted by Crippen LogP contribution is -2.00. The van der Waals surface area contributed by atoms with Gasteiger partial charge in [-0.25, -0.2) is 9.48 Å². The Morgan fingerprint density at radius 2 is 2.00 bits per heavy atom. The molecule has 1 N–H and O–H groups in total. The number of hydrogen-bond donors (Lipinski definition) is 1. The van der Waals surface area contributed by atoms with E-state index in [-0.39, 0.29) is 10.6 Å². The van der Waals surface area contributed by atoms with Crippen LogP contribution in [-0.2, 0) is 0 Å². The number of rotatable bonds is 2. The van der Waals surface area contributed by atoms with Gasteiger partial charge >= 0.3 is 5.97 Å². The number of hydrogen-bond acceptors (Lipinski definition) is 2. The molecule has 0 saturated heterocycles. The number of carbonyl (C=O) groups is 1. The van der Waals surface area contributed by atoms with Crippen LogP contribution in [0.15, 0.2) is 30.5 Å². The van der Waals surface area contributed by atoms with Crippen molar-refractivity contribution in [3.8, 4) is 5.69 Å². The minimum atomic E-state index is -1.03. The molecule has 18 heavy (non-hydrogen) atoms. The Balaban J connectivity index is 0.000000771. The molecule has 0 spiro atoms. The van der Waals surface area contributed by atoms with Gasteiger partial charge < -0.3 is 5.11 Å². The van der Waals surface area contributed by atoms with Crippen molar-refractivity contribution in [3.05, 3.63) is 46.7 Å². The van der Waals surface area contributed by atoms with Crippen LogP contribution < -0.4 is 0 Å². The van der Waals surface area contributed by atoms with Crippen LogP contribution in [0.2, 0.25) is 5.02 Å². The number of aromatic nitrogens is 2. The lowest BCUT2D eigenvalue weighted by Gasteiger charge is -2.04. The van der Waals surface area contributed by atoms with Crippen LogP contribution in [0, 0.1) is 6.92 Å². The fourth-order valence-electron chi connectivity index (χ4n) is 1.38. The number of aryl methyl sites for hydroxylation is 1. The maximum Gasteiger partial charge on any atom is 0.337 e. The highest BCUT2D eigenvalue weighted by Gasteiger charge is 2.09. The Hall–Kier alpha value is -1.81. The van der Waals surface area contributed by atoms with Gasteiger partial charge in [-0.1, -0.05) is 25.4 Å². The fraction of sp³-hybridized carbons (Fsp3) is 0.231. The van der Waals surface area contributed by atoms with Gasteiger partial charge in [0.25, 0.3) is 0 Å². The van der Waals surface area contributed by atoms with Gasteiger partial charge in [-0.3, -0.25) is 0 Å². The summed E-state index contributed by atoms with van der Waals surface area (Å²) in [6.07, 6.45) is 1.79. The van der Waals surface area contributed by atoms with Crippen molar-refractivity contribution < 1.29 is 9.90 Å². The van der Waals surface area contributed by atoms with Gasteiger partial charge in [-0.15, -0.1) is 0 Å². The third-order valence-electron chi connectivity index (χ3n) is 2.17. The molecular formula is C13H15ClN2O2. The van der Waals surface area contributed by atoms with Crippen LogP contribution in [0.4, 0.5) is 0 Å². The molecule has 0 radical (unpaired) electrons. The normalized spacial score (nSPS) is 9.56. The van der Waals surface area contributed by atoms with Gasteiger partial charge in [0, 0.05) is 6.20 Å². The third-order valence-corrected chi connectivity index (χ3v) is 2.48. The summed E-state index contributed by atoms with van der Waals surface area (Å²) in [7, 11) is 0. The summed E-state index contributed by atoms with van der Waals surface area (Å²) in [4.78, 5) is 10.8. The highest BCUT2D eigenvalue weighted by molar-refractivity contribution is 6.33. The predicted molar refractivity (Wildman–Crippen MR) is 71.6 cm³/mol. The number of carboxylic acids is 1. The van der Waals surface area contributed by atoms with Gasteiger partial charge in [0.05, 0.1) is 22.0 Å². The maximum atomic E-state index is 10.8. The van der Waals surface area contributed by atoms with E-state index in [2.05, 4.69) is 5.10 Å². The molecule has 0 saturated carbocycles. The zero-order valence-corrected chi connectivity index (χ0v) is 11.3. The molecule has 0 fully saturated rings. The Labute approximate surface area is 111 Å². The van der Waals surface area contributed by atoms with Crippen molar-refractivity contribution in [1.82, 2.24) is 9.78 Å². The first-order valence-corrected chi connectivity index (χ1v) is 6.01. The van der Waals surface area contributed by atoms with E-state index < -0.39 is 5.97 Å². The molecular weight excluding hydrogens is 252 g/mol. The molecule has 2 rings (SSSR count). The van der Waals surface area contributed by atoms with Crippen molar-refractivity contribution in [2.75, 3.05) is 0 Å². The summed E-state index contributed by atoms with van der Waals surface area (Å²) in [6, 6.07) is 6.58. The van der Waals surface area contributed by atoms with Crippen molar-refractivity contribution in [2.45, 2.75) is 20.8 Å². The number of halogens is 1. The molecule has 4 nitrogen and oxygen atoms in total. The maximum absolute atomic E-state index is 10.8. The summed E-state index contributed by atoms with van der Waals surface area (Å²) in [5.74, 6) is -1.03. The molecule has 0 aliphatic heterocycles. The molecule has 1 aromatic carbocycles. The van der Waals surface area contributed by atoms with Crippen LogP contribution in [-0.4, -0.2) is 20.9 Å². The topological polar surface area (TPSA) is 55.1 Å². The highest BCUT2D eigenvalue weighted by atomic mass is 35.5. The van der Waals surface area contributed by atoms with Crippen molar-refractivity contribution >= 4 is 17.6 Å². The van der Waals surface area contributed by atoms with Gasteiger partial charge in [0.2, 0.25) is 0 Å². The Bertz CT molecular complexity index is 550. The van der Waals surface area contributed by atoms with Crippen molar-refractivity contribution in [3.63, 3.8) is 0 Å². The van der Waals surface area contributed by atoms with Crippen LogP contribution in [0.25, 0.3) is 5.69 Å². The van der Waals surface area contributed by atoms with Crippen LogP contribution >= 0.6 is 11.6 Å². The lowest BCUT2D eigenvalue weighted by atomic mass is 10.2. The highest BCUT2D eigenvalue weighted by Crippen LogP contribution is 2.20. The number of aromatic carboxylic acids is 1. The van der Waals surface area contributed by atoms with Crippen LogP contribution in [0.3, 0.4) is 0 Å². The monoisotopic (exact) mass is 266 g/mol. The van der Waals surface area contributed by atoms with Gasteiger partial charge in [0.15, 0.2) is 0 Å². The number of nitrogens with zero attached hydrogens (tertiary/aromatic N) is 2. The minimum Gasteiger partial charge on any atom is -0.478 e. The summed E-state index contributed by atoms with van der Waals surface area (Å²) >= 11 is 5.86. The van der Waals surface area contributed by atoms with Crippen molar-refractivity contribution in [2.24, 2.45) is 0 Å². The Morgan fingerprint density at radius 1 is 1.33 bits per heavy atom. The van der Waals surface area contributed by atoms with E-state index in [1.807, 2.05) is 26.8 Å². The molecule has 2 aromatic rings. The standard InChI is InChI=1S/C11H9ClN2O2.C2H6/c1-7-4-5-14(13-7)8-2-3-9(11(15)16)10(12)6-8;1-2/h2-6H,1H3,(H,15,16);1-2H3. The quantitative estimate of drug-likeness (QED) is 0.904. The van der Waals surface area contributed by atoms with E-state index in [9.17, 15) is 4.79 Å². The second-order valence-electron chi connectivity index (χ2n) is 3.37. The lowest BCUT2D eigenvalue weighted by molar-refractivity contribution is 0.0697. The molecule has 1 heterocycles. The summed E-state index contributed by atoms with van der Waals surface area (Å²) in [5, 5.41) is 13.2. The third kappa shape index (κ3) is 3.11. The largest absolute Gasteiger partial charge is 0.478 e. The average molecular weight is 267 g/mol. The predicted octanol–water partition coefficient (Wildman–Crippen LogP) is 3.56. The van der Waals surface area contributed by atoms with Crippen molar-refractivity contribution in [1.29, 1.82) is 0 Å². The average Bonchev–Trinajstić information content (AvgIpc) is 2.78. The molecule has 0 aliphatic rings. The molecule has 96 valence electrons. The van der Waals surface area contributed by atoms with Gasteiger partial charge in [-0.05, 0) is 31.2 Å². The summed E-state index contributed by atoms with van der Waals surface area (Å²) in [5.41, 5.74) is 1.72. The minimum absolute atomic E-state index is 0.0919. The smallest absolute Gasteiger partial charge is 0.337 e. The van der Waals surface area contributed by atoms with E-state index in [4.69, 9.17) is 16.7 Å². The van der Waals surface area contributed by atoms with E-state index >= 15 is 0 Å². The first kappa shape index (κ1) is 14.3. The summed E-state index contributed by atoms with van der Waals surface area (Å²) < 4.78 is 1.65. The molecule has 5 heteroatoms. The van der Waals surface area contributed by atoms with Gasteiger partial charge in [0.1, 0.15) is 0 Å². The fourth-order valence-corrected chi connectivity index (χ4v) is 1.63. The Kier molecular flexibility index (Phi) is 4.92. The SMILES string of the molecule is CC.Cc1ccn(-c2ccc(C(=O)O)c(Cl)c2)n1. The molecule has 0 aliphatic carbocycles. The zero-order valence-electron chi connectivity index (χ0n) is 10.5. The van der Waals surface area contributed by atoms with Crippen LogP contribution in [0.1, 0.15) is 29.9 Å².